The molecule has 0 saturated heterocycles. The average Bonchev–Trinajstić information content (AvgIpc) is 2.66. The fourth-order valence-electron chi connectivity index (χ4n) is 1.41. The Morgan fingerprint density at radius 1 is 1.25 bits per heavy atom. The Balaban J connectivity index is 2.03. The topological polar surface area (TPSA) is 28.2 Å². The van der Waals surface area contributed by atoms with Gasteiger partial charge in [-0.3, -0.25) is 0 Å². The van der Waals surface area contributed by atoms with Crippen molar-refractivity contribution in [3.8, 4) is 0 Å². The number of nitrogens with one attached hydrogen (secondary N) is 1. The molecule has 3 nitrogen and oxygen atoms in total. The van der Waals surface area contributed by atoms with Crippen molar-refractivity contribution in [2.24, 2.45) is 0 Å². The lowest BCUT2D eigenvalue weighted by Gasteiger charge is -2.05. The molecule has 1 aromatic carbocycles. The number of aromatic nitrogens is 1. The van der Waals surface area contributed by atoms with Gasteiger partial charge in [0, 0.05) is 17.6 Å². The molecular formula is C12H15N3S. The van der Waals surface area contributed by atoms with Gasteiger partial charge in [0.2, 0.25) is 0 Å². The Morgan fingerprint density at radius 3 is 2.69 bits per heavy atom. The predicted molar refractivity (Wildman–Crippen MR) is 69.2 cm³/mol. The van der Waals surface area contributed by atoms with E-state index in [4.69, 9.17) is 0 Å². The zero-order chi connectivity index (χ0) is 11.4. The molecule has 2 aromatic rings. The van der Waals surface area contributed by atoms with Gasteiger partial charge in [-0.1, -0.05) is 18.2 Å². The number of hydrogen-bond donors (Lipinski definition) is 1. The molecule has 0 amide bonds. The number of nitrogens with zero attached hydrogens (tertiary/aromatic N) is 2. The van der Waals surface area contributed by atoms with Crippen molar-refractivity contribution in [1.82, 2.24) is 9.88 Å². The molecular weight excluding hydrogens is 218 g/mol. The van der Waals surface area contributed by atoms with Crippen molar-refractivity contribution in [1.29, 1.82) is 0 Å². The molecule has 0 radical (unpaired) electrons. The molecule has 0 aliphatic heterocycles. The van der Waals surface area contributed by atoms with Crippen LogP contribution in [0, 0.1) is 0 Å². The standard InChI is InChI=1S/C12H15N3S/c1-15(2)8-11-9-16-12(14-11)13-10-6-4-3-5-7-10/h3-7,9H,8H2,1-2H3,(H,13,14). The summed E-state index contributed by atoms with van der Waals surface area (Å²) >= 11 is 1.64. The monoisotopic (exact) mass is 233 g/mol. The minimum absolute atomic E-state index is 0.882. The van der Waals surface area contributed by atoms with Gasteiger partial charge in [-0.2, -0.15) is 0 Å². The maximum Gasteiger partial charge on any atom is 0.187 e. The molecule has 0 atom stereocenters. The second kappa shape index (κ2) is 5.09. The summed E-state index contributed by atoms with van der Waals surface area (Å²) in [6.07, 6.45) is 0. The van der Waals surface area contributed by atoms with Crippen LogP contribution in [0.3, 0.4) is 0 Å². The summed E-state index contributed by atoms with van der Waals surface area (Å²) in [5, 5.41) is 6.32. The molecule has 2 rings (SSSR count). The van der Waals surface area contributed by atoms with Crippen molar-refractivity contribution in [3.63, 3.8) is 0 Å². The lowest BCUT2D eigenvalue weighted by Crippen LogP contribution is -2.10. The average molecular weight is 233 g/mol. The van der Waals surface area contributed by atoms with E-state index in [-0.39, 0.29) is 0 Å². The third-order valence-electron chi connectivity index (χ3n) is 2.06. The van der Waals surface area contributed by atoms with E-state index in [1.807, 2.05) is 44.4 Å². The van der Waals surface area contributed by atoms with Gasteiger partial charge < -0.3 is 10.2 Å². The fourth-order valence-corrected chi connectivity index (χ4v) is 2.13. The minimum Gasteiger partial charge on any atom is -0.332 e. The Labute approximate surface area is 99.8 Å². The molecule has 0 spiro atoms. The normalized spacial score (nSPS) is 10.7. The fraction of sp³-hybridized carbons (Fsp3) is 0.250. The van der Waals surface area contributed by atoms with E-state index < -0.39 is 0 Å². The van der Waals surface area contributed by atoms with Crippen LogP contribution in [0.5, 0.6) is 0 Å². The lowest BCUT2D eigenvalue weighted by molar-refractivity contribution is 0.398. The minimum atomic E-state index is 0.882. The van der Waals surface area contributed by atoms with Crippen molar-refractivity contribution in [3.05, 3.63) is 41.4 Å². The zero-order valence-corrected chi connectivity index (χ0v) is 10.3. The molecule has 0 unspecified atom stereocenters. The second-order valence-electron chi connectivity index (χ2n) is 3.87. The van der Waals surface area contributed by atoms with E-state index in [0.29, 0.717) is 0 Å². The summed E-state index contributed by atoms with van der Waals surface area (Å²) in [5.74, 6) is 0. The number of hydrogen-bond acceptors (Lipinski definition) is 4. The first kappa shape index (κ1) is 11.1. The van der Waals surface area contributed by atoms with Gasteiger partial charge in [0.25, 0.3) is 0 Å². The van der Waals surface area contributed by atoms with Gasteiger partial charge in [-0.05, 0) is 26.2 Å². The van der Waals surface area contributed by atoms with Crippen LogP contribution in [-0.4, -0.2) is 24.0 Å². The zero-order valence-electron chi connectivity index (χ0n) is 9.47. The van der Waals surface area contributed by atoms with E-state index in [1.165, 1.54) is 0 Å². The van der Waals surface area contributed by atoms with Crippen LogP contribution in [0.1, 0.15) is 5.69 Å². The van der Waals surface area contributed by atoms with E-state index in [9.17, 15) is 0 Å². The summed E-state index contributed by atoms with van der Waals surface area (Å²) in [7, 11) is 4.09. The van der Waals surface area contributed by atoms with Crippen molar-refractivity contribution >= 4 is 22.2 Å². The summed E-state index contributed by atoms with van der Waals surface area (Å²) < 4.78 is 0. The van der Waals surface area contributed by atoms with Crippen molar-refractivity contribution in [2.45, 2.75) is 6.54 Å². The Hall–Kier alpha value is -1.39. The number of anilines is 2. The van der Waals surface area contributed by atoms with Crippen LogP contribution < -0.4 is 5.32 Å². The first-order valence-corrected chi connectivity index (χ1v) is 6.03. The lowest BCUT2D eigenvalue weighted by atomic mass is 10.3. The summed E-state index contributed by atoms with van der Waals surface area (Å²) in [6, 6.07) is 10.1. The molecule has 0 saturated carbocycles. The Kier molecular flexibility index (Phi) is 3.54. The maximum atomic E-state index is 4.51. The molecule has 84 valence electrons. The van der Waals surface area contributed by atoms with Gasteiger partial charge >= 0.3 is 0 Å². The summed E-state index contributed by atoms with van der Waals surface area (Å²) in [5.41, 5.74) is 2.18. The van der Waals surface area contributed by atoms with E-state index in [2.05, 4.69) is 20.6 Å². The smallest absolute Gasteiger partial charge is 0.187 e. The summed E-state index contributed by atoms with van der Waals surface area (Å²) in [4.78, 5) is 6.62. The van der Waals surface area contributed by atoms with Crippen LogP contribution in [0.15, 0.2) is 35.7 Å². The van der Waals surface area contributed by atoms with Crippen LogP contribution in [-0.2, 0) is 6.54 Å². The Bertz CT molecular complexity index is 437. The molecule has 4 heteroatoms. The second-order valence-corrected chi connectivity index (χ2v) is 4.73. The quantitative estimate of drug-likeness (QED) is 0.880. The highest BCUT2D eigenvalue weighted by Crippen LogP contribution is 2.20. The molecule has 1 aromatic heterocycles. The first-order chi connectivity index (χ1) is 7.74. The summed E-state index contributed by atoms with van der Waals surface area (Å²) in [6.45, 7) is 0.882. The van der Waals surface area contributed by atoms with Crippen LogP contribution >= 0.6 is 11.3 Å². The molecule has 0 bridgehead atoms. The van der Waals surface area contributed by atoms with Gasteiger partial charge in [0.1, 0.15) is 0 Å². The van der Waals surface area contributed by atoms with E-state index in [1.54, 1.807) is 11.3 Å². The van der Waals surface area contributed by atoms with Crippen molar-refractivity contribution < 1.29 is 0 Å². The highest BCUT2D eigenvalue weighted by Gasteiger charge is 2.02. The predicted octanol–water partition coefficient (Wildman–Crippen LogP) is 2.95. The highest BCUT2D eigenvalue weighted by atomic mass is 32.1. The van der Waals surface area contributed by atoms with Gasteiger partial charge in [0.15, 0.2) is 5.13 Å². The molecule has 1 heterocycles. The van der Waals surface area contributed by atoms with Crippen LogP contribution in [0.25, 0.3) is 0 Å². The van der Waals surface area contributed by atoms with Gasteiger partial charge in [-0.15, -0.1) is 11.3 Å². The molecule has 0 fully saturated rings. The maximum absolute atomic E-state index is 4.51. The molecule has 0 aliphatic carbocycles. The molecule has 16 heavy (non-hydrogen) atoms. The third kappa shape index (κ3) is 3.05. The highest BCUT2D eigenvalue weighted by molar-refractivity contribution is 7.13. The van der Waals surface area contributed by atoms with E-state index >= 15 is 0 Å². The number of para-hydroxylation sites is 1. The molecule has 1 N–H and O–H groups in total. The van der Waals surface area contributed by atoms with Crippen LogP contribution in [0.2, 0.25) is 0 Å². The number of rotatable bonds is 4. The van der Waals surface area contributed by atoms with Crippen LogP contribution in [0.4, 0.5) is 10.8 Å². The van der Waals surface area contributed by atoms with Gasteiger partial charge in [0.05, 0.1) is 5.69 Å². The third-order valence-corrected chi connectivity index (χ3v) is 2.86. The van der Waals surface area contributed by atoms with E-state index in [0.717, 1.165) is 23.1 Å². The SMILES string of the molecule is CN(C)Cc1csc(Nc2ccccc2)n1. The first-order valence-electron chi connectivity index (χ1n) is 5.15. The van der Waals surface area contributed by atoms with Gasteiger partial charge in [-0.25, -0.2) is 4.98 Å². The number of thiazole rings is 1. The molecule has 0 aliphatic rings. The largest absolute Gasteiger partial charge is 0.332 e. The van der Waals surface area contributed by atoms with Crippen molar-refractivity contribution in [2.75, 3.05) is 19.4 Å². The Morgan fingerprint density at radius 2 is 2.00 bits per heavy atom. The number of benzene rings is 1.